The van der Waals surface area contributed by atoms with E-state index in [1.54, 1.807) is 4.90 Å². The Kier molecular flexibility index (Phi) is 3.86. The number of hydrogen-bond acceptors (Lipinski definition) is 5. The van der Waals surface area contributed by atoms with Gasteiger partial charge < -0.3 is 5.32 Å². The van der Waals surface area contributed by atoms with E-state index in [0.29, 0.717) is 18.7 Å². The van der Waals surface area contributed by atoms with Gasteiger partial charge >= 0.3 is 0 Å². The lowest BCUT2D eigenvalue weighted by Gasteiger charge is -2.25. The maximum Gasteiger partial charge on any atom is 0.269 e. The van der Waals surface area contributed by atoms with Crippen molar-refractivity contribution in [3.63, 3.8) is 0 Å². The number of nitrogens with zero attached hydrogens (tertiary/aromatic N) is 2. The molecule has 1 amide bonds. The molecule has 1 fully saturated rings. The summed E-state index contributed by atoms with van der Waals surface area (Å²) in [5.41, 5.74) is 0.366. The van der Waals surface area contributed by atoms with Crippen molar-refractivity contribution in [3.05, 3.63) is 39.9 Å². The van der Waals surface area contributed by atoms with Gasteiger partial charge in [0.25, 0.3) is 5.69 Å². The zero-order valence-corrected chi connectivity index (χ0v) is 10.2. The highest BCUT2D eigenvalue weighted by Crippen LogP contribution is 2.12. The Morgan fingerprint density at radius 3 is 2.63 bits per heavy atom. The molecule has 1 aliphatic rings. The number of piperazine rings is 1. The first kappa shape index (κ1) is 13.2. The number of carbonyl (C=O) groups is 2. The monoisotopic (exact) mass is 263 g/mol. The first-order valence-corrected chi connectivity index (χ1v) is 5.83. The SMILES string of the molecule is O=C1CN(CC(=O)c2ccc([N+](=O)[O-])cc2)CCN1. The van der Waals surface area contributed by atoms with Gasteiger partial charge in [0.1, 0.15) is 0 Å². The summed E-state index contributed by atoms with van der Waals surface area (Å²) >= 11 is 0. The Morgan fingerprint density at radius 2 is 2.05 bits per heavy atom. The number of nitrogens with one attached hydrogen (secondary N) is 1. The summed E-state index contributed by atoms with van der Waals surface area (Å²) in [5, 5.41) is 13.2. The Labute approximate surface area is 109 Å². The predicted molar refractivity (Wildman–Crippen MR) is 66.9 cm³/mol. The van der Waals surface area contributed by atoms with Gasteiger partial charge in [-0.25, -0.2) is 0 Å². The van der Waals surface area contributed by atoms with E-state index in [4.69, 9.17) is 0 Å². The van der Waals surface area contributed by atoms with Crippen LogP contribution in [0.15, 0.2) is 24.3 Å². The van der Waals surface area contributed by atoms with Gasteiger partial charge in [-0.15, -0.1) is 0 Å². The van der Waals surface area contributed by atoms with Crippen molar-refractivity contribution in [1.82, 2.24) is 10.2 Å². The summed E-state index contributed by atoms with van der Waals surface area (Å²) < 4.78 is 0. The molecule has 0 saturated carbocycles. The largest absolute Gasteiger partial charge is 0.354 e. The lowest BCUT2D eigenvalue weighted by atomic mass is 10.1. The lowest BCUT2D eigenvalue weighted by Crippen LogP contribution is -2.49. The normalized spacial score (nSPS) is 15.9. The molecule has 0 radical (unpaired) electrons. The Bertz CT molecular complexity index is 512. The van der Waals surface area contributed by atoms with E-state index in [2.05, 4.69) is 5.32 Å². The number of Topliss-reactive ketones (excluding diaryl/α,β-unsaturated/α-hetero) is 1. The molecular formula is C12H13N3O4. The van der Waals surface area contributed by atoms with Gasteiger partial charge in [0.05, 0.1) is 18.0 Å². The van der Waals surface area contributed by atoms with Crippen molar-refractivity contribution in [2.75, 3.05) is 26.2 Å². The lowest BCUT2D eigenvalue weighted by molar-refractivity contribution is -0.384. The van der Waals surface area contributed by atoms with Gasteiger partial charge in [0.15, 0.2) is 5.78 Å². The summed E-state index contributed by atoms with van der Waals surface area (Å²) in [5.74, 6) is -0.243. The molecule has 1 aliphatic heterocycles. The Balaban J connectivity index is 1.99. The number of amides is 1. The second kappa shape index (κ2) is 5.57. The first-order chi connectivity index (χ1) is 9.06. The number of non-ortho nitro benzene ring substituents is 1. The number of nitro groups is 1. The fourth-order valence-corrected chi connectivity index (χ4v) is 1.89. The molecule has 7 nitrogen and oxygen atoms in total. The molecule has 0 spiro atoms. The molecule has 0 atom stereocenters. The van der Waals surface area contributed by atoms with Crippen LogP contribution in [-0.4, -0.2) is 47.7 Å². The number of hydrogen-bond donors (Lipinski definition) is 1. The maximum atomic E-state index is 12.0. The number of ketones is 1. The molecule has 0 aromatic heterocycles. The zero-order valence-electron chi connectivity index (χ0n) is 10.2. The molecule has 7 heteroatoms. The molecule has 2 rings (SSSR count). The van der Waals surface area contributed by atoms with Crippen LogP contribution in [0.1, 0.15) is 10.4 Å². The second-order valence-electron chi connectivity index (χ2n) is 4.29. The Hall–Kier alpha value is -2.28. The number of benzene rings is 1. The minimum absolute atomic E-state index is 0.0473. The molecular weight excluding hydrogens is 250 g/mol. The third-order valence-corrected chi connectivity index (χ3v) is 2.88. The van der Waals surface area contributed by atoms with Crippen LogP contribution < -0.4 is 5.32 Å². The van der Waals surface area contributed by atoms with E-state index in [9.17, 15) is 19.7 Å². The van der Waals surface area contributed by atoms with Crippen molar-refractivity contribution in [2.45, 2.75) is 0 Å². The minimum Gasteiger partial charge on any atom is -0.354 e. The summed E-state index contributed by atoms with van der Waals surface area (Å²) in [4.78, 5) is 34.9. The van der Waals surface area contributed by atoms with Gasteiger partial charge in [-0.05, 0) is 12.1 Å². The molecule has 0 bridgehead atoms. The van der Waals surface area contributed by atoms with Crippen LogP contribution in [0.3, 0.4) is 0 Å². The number of carbonyl (C=O) groups excluding carboxylic acids is 2. The highest BCUT2D eigenvalue weighted by molar-refractivity contribution is 5.98. The van der Waals surface area contributed by atoms with Crippen molar-refractivity contribution in [1.29, 1.82) is 0 Å². The summed E-state index contributed by atoms with van der Waals surface area (Å²) in [6.45, 7) is 1.51. The third kappa shape index (κ3) is 3.35. The van der Waals surface area contributed by atoms with E-state index in [-0.39, 0.29) is 30.5 Å². The van der Waals surface area contributed by atoms with E-state index < -0.39 is 4.92 Å². The van der Waals surface area contributed by atoms with Gasteiger partial charge in [-0.2, -0.15) is 0 Å². The zero-order chi connectivity index (χ0) is 13.8. The van der Waals surface area contributed by atoms with Gasteiger partial charge in [0.2, 0.25) is 5.91 Å². The van der Waals surface area contributed by atoms with Gasteiger partial charge in [-0.3, -0.25) is 24.6 Å². The standard InChI is InChI=1S/C12H13N3O4/c16-11(7-14-6-5-13-12(17)8-14)9-1-3-10(4-2-9)15(18)19/h1-4H,5-8H2,(H,13,17). The van der Waals surface area contributed by atoms with E-state index >= 15 is 0 Å². The summed E-state index contributed by atoms with van der Waals surface area (Å²) in [6.07, 6.45) is 0. The summed E-state index contributed by atoms with van der Waals surface area (Å²) in [7, 11) is 0. The predicted octanol–water partition coefficient (Wildman–Crippen LogP) is 0.209. The molecule has 0 aliphatic carbocycles. The highest BCUT2D eigenvalue weighted by Gasteiger charge is 2.19. The van der Waals surface area contributed by atoms with Crippen LogP contribution in [-0.2, 0) is 4.79 Å². The van der Waals surface area contributed by atoms with Crippen molar-refractivity contribution < 1.29 is 14.5 Å². The van der Waals surface area contributed by atoms with E-state index in [1.165, 1.54) is 24.3 Å². The molecule has 0 unspecified atom stereocenters. The average molecular weight is 263 g/mol. The molecule has 1 heterocycles. The third-order valence-electron chi connectivity index (χ3n) is 2.88. The van der Waals surface area contributed by atoms with Crippen LogP contribution in [0.5, 0.6) is 0 Å². The molecule has 1 aromatic carbocycles. The minimum atomic E-state index is -0.511. The quantitative estimate of drug-likeness (QED) is 0.476. The number of nitro benzene ring substituents is 1. The second-order valence-corrected chi connectivity index (χ2v) is 4.29. The topological polar surface area (TPSA) is 92.5 Å². The maximum absolute atomic E-state index is 12.0. The van der Waals surface area contributed by atoms with Gasteiger partial charge in [0, 0.05) is 30.8 Å². The van der Waals surface area contributed by atoms with Crippen LogP contribution >= 0.6 is 0 Å². The van der Waals surface area contributed by atoms with Crippen LogP contribution in [0, 0.1) is 10.1 Å². The van der Waals surface area contributed by atoms with E-state index in [1.807, 2.05) is 0 Å². The average Bonchev–Trinajstić information content (AvgIpc) is 2.39. The fourth-order valence-electron chi connectivity index (χ4n) is 1.89. The summed E-state index contributed by atoms with van der Waals surface area (Å²) in [6, 6.07) is 5.47. The molecule has 1 N–H and O–H groups in total. The smallest absolute Gasteiger partial charge is 0.269 e. The molecule has 19 heavy (non-hydrogen) atoms. The highest BCUT2D eigenvalue weighted by atomic mass is 16.6. The Morgan fingerprint density at radius 1 is 1.37 bits per heavy atom. The van der Waals surface area contributed by atoms with Crippen molar-refractivity contribution >= 4 is 17.4 Å². The number of rotatable bonds is 4. The van der Waals surface area contributed by atoms with Gasteiger partial charge in [-0.1, -0.05) is 0 Å². The van der Waals surface area contributed by atoms with Crippen LogP contribution in [0.4, 0.5) is 5.69 Å². The van der Waals surface area contributed by atoms with Crippen LogP contribution in [0.25, 0.3) is 0 Å². The fraction of sp³-hybridized carbons (Fsp3) is 0.333. The molecule has 1 saturated heterocycles. The van der Waals surface area contributed by atoms with Crippen molar-refractivity contribution in [2.24, 2.45) is 0 Å². The molecule has 1 aromatic rings. The van der Waals surface area contributed by atoms with Crippen molar-refractivity contribution in [3.8, 4) is 0 Å². The van der Waals surface area contributed by atoms with E-state index in [0.717, 1.165) is 0 Å². The molecule has 100 valence electrons. The first-order valence-electron chi connectivity index (χ1n) is 5.83. The van der Waals surface area contributed by atoms with Crippen LogP contribution in [0.2, 0.25) is 0 Å².